The predicted molar refractivity (Wildman–Crippen MR) is 91.4 cm³/mol. The van der Waals surface area contributed by atoms with Crippen LogP contribution in [0.25, 0.3) is 0 Å². The predicted octanol–water partition coefficient (Wildman–Crippen LogP) is 5.06. The molecule has 1 N–H and O–H groups in total. The first kappa shape index (κ1) is 19.2. The van der Waals surface area contributed by atoms with Gasteiger partial charge in [0.05, 0.1) is 16.6 Å². The molecule has 0 aromatic heterocycles. The average Bonchev–Trinajstić information content (AvgIpc) is 2.98. The molecule has 142 valence electrons. The molecule has 0 spiro atoms. The third-order valence-corrected chi connectivity index (χ3v) is 4.33. The molecule has 0 saturated carbocycles. The number of hydrogen-bond acceptors (Lipinski definition) is 5. The molecule has 0 saturated heterocycles. The summed E-state index contributed by atoms with van der Waals surface area (Å²) < 4.78 is 40.3. The molecule has 2 aromatic carbocycles. The lowest BCUT2D eigenvalue weighted by atomic mass is 9.85. The van der Waals surface area contributed by atoms with Crippen LogP contribution < -0.4 is 0 Å². The molecule has 1 heterocycles. The number of alkyl halides is 3. The van der Waals surface area contributed by atoms with Gasteiger partial charge in [0.25, 0.3) is 0 Å². The van der Waals surface area contributed by atoms with Gasteiger partial charge in [0.15, 0.2) is 5.75 Å². The summed E-state index contributed by atoms with van der Waals surface area (Å²) in [4.78, 5) is 14.6. The van der Waals surface area contributed by atoms with Crippen LogP contribution in [0.5, 0.6) is 5.75 Å². The van der Waals surface area contributed by atoms with Crippen molar-refractivity contribution in [3.05, 3.63) is 67.7 Å². The van der Waals surface area contributed by atoms with Crippen molar-refractivity contribution in [1.29, 1.82) is 0 Å². The molecule has 0 amide bonds. The number of hydrogen-bond donors (Lipinski definition) is 1. The van der Waals surface area contributed by atoms with Crippen LogP contribution in [0.2, 0.25) is 10.0 Å². The lowest BCUT2D eigenvalue weighted by Crippen LogP contribution is -2.35. The minimum atomic E-state index is -4.76. The molecule has 6 nitrogen and oxygen atoms in total. The number of nitro groups is 1. The molecule has 3 rings (SSSR count). The second-order valence-corrected chi connectivity index (χ2v) is 6.56. The van der Waals surface area contributed by atoms with Crippen LogP contribution in [-0.4, -0.2) is 28.0 Å². The first-order valence-electron chi connectivity index (χ1n) is 7.32. The van der Waals surface area contributed by atoms with Gasteiger partial charge in [0.2, 0.25) is 6.10 Å². The molecule has 0 fully saturated rings. The van der Waals surface area contributed by atoms with Crippen LogP contribution in [0.1, 0.15) is 17.0 Å². The van der Waals surface area contributed by atoms with Crippen LogP contribution in [0.4, 0.5) is 18.9 Å². The van der Waals surface area contributed by atoms with E-state index in [9.17, 15) is 28.4 Å². The minimum absolute atomic E-state index is 0.0333. The number of oxime groups is 1. The fraction of sp³-hybridized carbons (Fsp3) is 0.188. The standard InChI is InChI=1S/C16H9Cl2F3N2O4/c17-9-3-8(4-10(18)6-9)13-14(22-27-15(13)16(19,20)21)7-1-2-11(23(25)26)12(24)5-7/h1-6,13,15,24H. The molecule has 2 aromatic rings. The van der Waals surface area contributed by atoms with Gasteiger partial charge < -0.3 is 9.94 Å². The molecular weight excluding hydrogens is 412 g/mol. The summed E-state index contributed by atoms with van der Waals surface area (Å²) in [7, 11) is 0. The minimum Gasteiger partial charge on any atom is -0.502 e. The van der Waals surface area contributed by atoms with Crippen LogP contribution in [0.3, 0.4) is 0 Å². The largest absolute Gasteiger partial charge is 0.502 e. The van der Waals surface area contributed by atoms with Gasteiger partial charge >= 0.3 is 11.9 Å². The van der Waals surface area contributed by atoms with Crippen molar-refractivity contribution in [2.45, 2.75) is 18.2 Å². The number of nitrogens with zero attached hydrogens (tertiary/aromatic N) is 2. The Hall–Kier alpha value is -2.52. The van der Waals surface area contributed by atoms with E-state index in [0.29, 0.717) is 0 Å². The first-order chi connectivity index (χ1) is 12.6. The van der Waals surface area contributed by atoms with Crippen molar-refractivity contribution < 1.29 is 28.0 Å². The Bertz CT molecular complexity index is 929. The van der Waals surface area contributed by atoms with Gasteiger partial charge in [-0.3, -0.25) is 10.1 Å². The zero-order chi connectivity index (χ0) is 19.9. The Balaban J connectivity index is 2.11. The molecule has 1 aliphatic heterocycles. The van der Waals surface area contributed by atoms with E-state index < -0.39 is 34.6 Å². The van der Waals surface area contributed by atoms with E-state index in [-0.39, 0.29) is 26.9 Å². The smallest absolute Gasteiger partial charge is 0.429 e. The van der Waals surface area contributed by atoms with Gasteiger partial charge in [0, 0.05) is 21.7 Å². The van der Waals surface area contributed by atoms with Crippen LogP contribution >= 0.6 is 23.2 Å². The van der Waals surface area contributed by atoms with Crippen molar-refractivity contribution in [2.75, 3.05) is 0 Å². The van der Waals surface area contributed by atoms with Gasteiger partial charge in [-0.1, -0.05) is 28.4 Å². The molecule has 2 atom stereocenters. The summed E-state index contributed by atoms with van der Waals surface area (Å²) in [6, 6.07) is 7.06. The lowest BCUT2D eigenvalue weighted by molar-refractivity contribution is -0.385. The van der Waals surface area contributed by atoms with Crippen molar-refractivity contribution in [3.63, 3.8) is 0 Å². The molecule has 1 aliphatic rings. The number of phenols is 1. The van der Waals surface area contributed by atoms with E-state index in [0.717, 1.165) is 12.1 Å². The molecule has 0 bridgehead atoms. The van der Waals surface area contributed by atoms with Gasteiger partial charge in [-0.2, -0.15) is 13.2 Å². The molecule has 0 radical (unpaired) electrons. The van der Waals surface area contributed by atoms with Gasteiger partial charge in [-0.15, -0.1) is 0 Å². The number of halogens is 5. The highest BCUT2D eigenvalue weighted by molar-refractivity contribution is 6.34. The lowest BCUT2D eigenvalue weighted by Gasteiger charge is -2.22. The Morgan fingerprint density at radius 2 is 1.78 bits per heavy atom. The quantitative estimate of drug-likeness (QED) is 0.555. The third-order valence-electron chi connectivity index (χ3n) is 3.90. The summed E-state index contributed by atoms with van der Waals surface area (Å²) in [5.41, 5.74) is -0.622. The topological polar surface area (TPSA) is 85.0 Å². The van der Waals surface area contributed by atoms with E-state index in [4.69, 9.17) is 23.2 Å². The van der Waals surface area contributed by atoms with Crippen molar-refractivity contribution in [2.24, 2.45) is 5.16 Å². The van der Waals surface area contributed by atoms with E-state index in [1.54, 1.807) is 0 Å². The monoisotopic (exact) mass is 420 g/mol. The number of aromatic hydroxyl groups is 1. The Kier molecular flexibility index (Phi) is 4.92. The number of rotatable bonds is 3. The number of benzene rings is 2. The summed E-state index contributed by atoms with van der Waals surface area (Å²) in [6.45, 7) is 0. The second-order valence-electron chi connectivity index (χ2n) is 5.69. The van der Waals surface area contributed by atoms with E-state index >= 15 is 0 Å². The summed E-state index contributed by atoms with van der Waals surface area (Å²) in [5, 5.41) is 24.4. The first-order valence-corrected chi connectivity index (χ1v) is 8.07. The Morgan fingerprint density at radius 3 is 2.30 bits per heavy atom. The van der Waals surface area contributed by atoms with E-state index in [1.807, 2.05) is 0 Å². The van der Waals surface area contributed by atoms with Gasteiger partial charge in [-0.05, 0) is 35.9 Å². The summed E-state index contributed by atoms with van der Waals surface area (Å²) in [6.07, 6.45) is -7.06. The highest BCUT2D eigenvalue weighted by Crippen LogP contribution is 2.42. The maximum Gasteiger partial charge on any atom is 0.429 e. The summed E-state index contributed by atoms with van der Waals surface area (Å²) in [5.74, 6) is -2.14. The average molecular weight is 421 g/mol. The SMILES string of the molecule is O=[N+]([O-])c1ccc(C2=NOC(C(F)(F)F)C2c2cc(Cl)cc(Cl)c2)cc1O. The maximum absolute atomic E-state index is 13.4. The van der Waals surface area contributed by atoms with Crippen LogP contribution in [0.15, 0.2) is 41.6 Å². The number of phenolic OH excluding ortho intramolecular Hbond substituents is 1. The number of nitro benzene ring substituents is 1. The molecule has 27 heavy (non-hydrogen) atoms. The highest BCUT2D eigenvalue weighted by Gasteiger charge is 2.53. The third kappa shape index (κ3) is 3.79. The Labute approximate surface area is 159 Å². The molecule has 11 heteroatoms. The summed E-state index contributed by atoms with van der Waals surface area (Å²) >= 11 is 11.8. The van der Waals surface area contributed by atoms with Gasteiger partial charge in [0.1, 0.15) is 0 Å². The normalized spacial score (nSPS) is 19.5. The second kappa shape index (κ2) is 6.90. The zero-order valence-electron chi connectivity index (χ0n) is 13.1. The highest BCUT2D eigenvalue weighted by atomic mass is 35.5. The van der Waals surface area contributed by atoms with Crippen molar-refractivity contribution >= 4 is 34.6 Å². The van der Waals surface area contributed by atoms with E-state index in [1.165, 1.54) is 24.3 Å². The molecule has 0 aliphatic carbocycles. The maximum atomic E-state index is 13.4. The molecular formula is C16H9Cl2F3N2O4. The van der Waals surface area contributed by atoms with Gasteiger partial charge in [-0.25, -0.2) is 0 Å². The van der Waals surface area contributed by atoms with Crippen LogP contribution in [0, 0.1) is 10.1 Å². The van der Waals surface area contributed by atoms with Crippen LogP contribution in [-0.2, 0) is 4.84 Å². The fourth-order valence-electron chi connectivity index (χ4n) is 2.78. The molecule has 2 unspecified atom stereocenters. The van der Waals surface area contributed by atoms with Crippen molar-refractivity contribution in [3.8, 4) is 5.75 Å². The zero-order valence-corrected chi connectivity index (χ0v) is 14.6. The van der Waals surface area contributed by atoms with Crippen molar-refractivity contribution in [1.82, 2.24) is 0 Å². The Morgan fingerprint density at radius 1 is 1.15 bits per heavy atom. The van der Waals surface area contributed by atoms with E-state index in [2.05, 4.69) is 9.99 Å². The fourth-order valence-corrected chi connectivity index (χ4v) is 3.32.